The highest BCUT2D eigenvalue weighted by molar-refractivity contribution is 5.79. The molecule has 1 aliphatic rings. The van der Waals surface area contributed by atoms with Crippen LogP contribution in [0.1, 0.15) is 51.3 Å². The Kier molecular flexibility index (Phi) is 7.98. The van der Waals surface area contributed by atoms with Crippen LogP contribution in [-0.4, -0.2) is 52.4 Å². The molecule has 0 saturated heterocycles. The van der Waals surface area contributed by atoms with Crippen LogP contribution in [-0.2, 0) is 6.42 Å². The molecule has 29 heavy (non-hydrogen) atoms. The molecule has 0 spiro atoms. The zero-order valence-electron chi connectivity index (χ0n) is 17.2. The third-order valence-electron chi connectivity index (χ3n) is 5.47. The SMILES string of the molecule is CCNC(=NCC1(CCO)CCCCC1)NCCc1noc(-c2ccccn2)n1. The van der Waals surface area contributed by atoms with Gasteiger partial charge >= 0.3 is 0 Å². The molecule has 0 unspecified atom stereocenters. The summed E-state index contributed by atoms with van der Waals surface area (Å²) in [7, 11) is 0. The molecule has 158 valence electrons. The Morgan fingerprint density at radius 1 is 1.24 bits per heavy atom. The standard InChI is InChI=1S/C21H32N6O2/c1-2-22-20(25-16-21(12-15-28)10-5-3-6-11-21)24-14-9-18-26-19(29-27-18)17-8-4-7-13-23-17/h4,7-8,13,28H,2-3,5-6,9-12,14-16H2,1H3,(H2,22,24,25). The number of hydrogen-bond donors (Lipinski definition) is 3. The Morgan fingerprint density at radius 2 is 2.10 bits per heavy atom. The van der Waals surface area contributed by atoms with E-state index in [4.69, 9.17) is 9.52 Å². The molecular weight excluding hydrogens is 368 g/mol. The molecule has 1 aliphatic carbocycles. The molecule has 8 nitrogen and oxygen atoms in total. The third-order valence-corrected chi connectivity index (χ3v) is 5.47. The number of aliphatic hydroxyl groups excluding tert-OH is 1. The smallest absolute Gasteiger partial charge is 0.276 e. The first-order valence-corrected chi connectivity index (χ1v) is 10.6. The van der Waals surface area contributed by atoms with Crippen LogP contribution in [0.25, 0.3) is 11.6 Å². The van der Waals surface area contributed by atoms with Gasteiger partial charge in [-0.2, -0.15) is 4.98 Å². The van der Waals surface area contributed by atoms with Crippen LogP contribution in [0.2, 0.25) is 0 Å². The monoisotopic (exact) mass is 400 g/mol. The van der Waals surface area contributed by atoms with E-state index in [0.717, 1.165) is 38.3 Å². The molecule has 0 bridgehead atoms. The topological polar surface area (TPSA) is 108 Å². The molecule has 1 fully saturated rings. The summed E-state index contributed by atoms with van der Waals surface area (Å²) in [6.07, 6.45) is 9.21. The second kappa shape index (κ2) is 10.9. The molecule has 8 heteroatoms. The van der Waals surface area contributed by atoms with Gasteiger partial charge in [0.2, 0.25) is 0 Å². The van der Waals surface area contributed by atoms with Crippen molar-refractivity contribution in [3.63, 3.8) is 0 Å². The first-order valence-electron chi connectivity index (χ1n) is 10.6. The van der Waals surface area contributed by atoms with Crippen molar-refractivity contribution < 1.29 is 9.63 Å². The van der Waals surface area contributed by atoms with Crippen LogP contribution in [0.4, 0.5) is 0 Å². The van der Waals surface area contributed by atoms with Crippen molar-refractivity contribution >= 4 is 5.96 Å². The van der Waals surface area contributed by atoms with Crippen molar-refractivity contribution in [2.75, 3.05) is 26.2 Å². The second-order valence-corrected chi connectivity index (χ2v) is 7.64. The van der Waals surface area contributed by atoms with Crippen LogP contribution in [0, 0.1) is 5.41 Å². The van der Waals surface area contributed by atoms with Crippen LogP contribution < -0.4 is 10.6 Å². The average Bonchev–Trinajstić information content (AvgIpc) is 3.23. The zero-order chi connectivity index (χ0) is 20.4. The maximum atomic E-state index is 9.50. The Hall–Kier alpha value is -2.48. The maximum absolute atomic E-state index is 9.50. The van der Waals surface area contributed by atoms with E-state index in [1.165, 1.54) is 19.3 Å². The number of aliphatic imine (C=N–C) groups is 1. The van der Waals surface area contributed by atoms with Crippen LogP contribution in [0.5, 0.6) is 0 Å². The highest BCUT2D eigenvalue weighted by Gasteiger charge is 2.31. The molecule has 0 amide bonds. The van der Waals surface area contributed by atoms with Gasteiger partial charge < -0.3 is 20.3 Å². The van der Waals surface area contributed by atoms with Crippen molar-refractivity contribution in [2.45, 2.75) is 51.9 Å². The number of hydrogen-bond acceptors (Lipinski definition) is 6. The Bertz CT molecular complexity index is 750. The minimum Gasteiger partial charge on any atom is -0.396 e. The van der Waals surface area contributed by atoms with Crippen LogP contribution >= 0.6 is 0 Å². The van der Waals surface area contributed by atoms with E-state index in [1.54, 1.807) is 6.20 Å². The Morgan fingerprint density at radius 3 is 2.83 bits per heavy atom. The summed E-state index contributed by atoms with van der Waals surface area (Å²) in [4.78, 5) is 13.5. The van der Waals surface area contributed by atoms with Crippen molar-refractivity contribution in [2.24, 2.45) is 10.4 Å². The van der Waals surface area contributed by atoms with Crippen LogP contribution in [0.3, 0.4) is 0 Å². The fourth-order valence-corrected chi connectivity index (χ4v) is 3.86. The summed E-state index contributed by atoms with van der Waals surface area (Å²) >= 11 is 0. The lowest BCUT2D eigenvalue weighted by Crippen LogP contribution is -2.40. The van der Waals surface area contributed by atoms with Crippen molar-refractivity contribution in [3.8, 4) is 11.6 Å². The fourth-order valence-electron chi connectivity index (χ4n) is 3.86. The van der Waals surface area contributed by atoms with Gasteiger partial charge in [0.1, 0.15) is 5.69 Å². The fraction of sp³-hybridized carbons (Fsp3) is 0.619. The highest BCUT2D eigenvalue weighted by Crippen LogP contribution is 2.39. The van der Waals surface area contributed by atoms with Crippen molar-refractivity contribution in [1.82, 2.24) is 25.8 Å². The van der Waals surface area contributed by atoms with Crippen molar-refractivity contribution in [3.05, 3.63) is 30.2 Å². The van der Waals surface area contributed by atoms with E-state index in [9.17, 15) is 5.11 Å². The lowest BCUT2D eigenvalue weighted by molar-refractivity contribution is 0.137. The van der Waals surface area contributed by atoms with E-state index in [-0.39, 0.29) is 12.0 Å². The predicted octanol–water partition coefficient (Wildman–Crippen LogP) is 2.56. The summed E-state index contributed by atoms with van der Waals surface area (Å²) in [6.45, 7) is 4.48. The van der Waals surface area contributed by atoms with Gasteiger partial charge in [0.25, 0.3) is 5.89 Å². The van der Waals surface area contributed by atoms with E-state index >= 15 is 0 Å². The Labute approximate surface area is 172 Å². The molecule has 2 heterocycles. The van der Waals surface area contributed by atoms with Gasteiger partial charge in [-0.25, -0.2) is 0 Å². The number of aromatic nitrogens is 3. The summed E-state index contributed by atoms with van der Waals surface area (Å²) in [6, 6.07) is 5.59. The first kappa shape index (κ1) is 21.2. The van der Waals surface area contributed by atoms with Gasteiger partial charge in [-0.15, -0.1) is 0 Å². The molecule has 2 aromatic heterocycles. The predicted molar refractivity (Wildman–Crippen MR) is 112 cm³/mol. The van der Waals surface area contributed by atoms with E-state index in [1.807, 2.05) is 18.2 Å². The number of rotatable bonds is 9. The minimum atomic E-state index is 0.139. The summed E-state index contributed by atoms with van der Waals surface area (Å²) in [5.74, 6) is 1.87. The van der Waals surface area contributed by atoms with E-state index < -0.39 is 0 Å². The quantitative estimate of drug-likeness (QED) is 0.438. The van der Waals surface area contributed by atoms with Gasteiger partial charge in [-0.3, -0.25) is 9.98 Å². The molecule has 0 aromatic carbocycles. The first-order chi connectivity index (χ1) is 14.2. The van der Waals surface area contributed by atoms with Gasteiger partial charge in [-0.1, -0.05) is 30.5 Å². The van der Waals surface area contributed by atoms with Gasteiger partial charge in [0.05, 0.1) is 0 Å². The number of nitrogens with one attached hydrogen (secondary N) is 2. The minimum absolute atomic E-state index is 0.139. The van der Waals surface area contributed by atoms with Gasteiger partial charge in [-0.05, 0) is 43.7 Å². The van der Waals surface area contributed by atoms with Gasteiger partial charge in [0, 0.05) is 38.9 Å². The summed E-state index contributed by atoms with van der Waals surface area (Å²) < 4.78 is 5.30. The van der Waals surface area contributed by atoms with Crippen LogP contribution in [0.15, 0.2) is 33.9 Å². The van der Waals surface area contributed by atoms with Gasteiger partial charge in [0.15, 0.2) is 11.8 Å². The number of pyridine rings is 1. The normalized spacial score (nSPS) is 16.6. The molecule has 0 atom stereocenters. The lowest BCUT2D eigenvalue weighted by Gasteiger charge is -2.35. The number of guanidine groups is 1. The maximum Gasteiger partial charge on any atom is 0.276 e. The lowest BCUT2D eigenvalue weighted by atomic mass is 9.72. The van der Waals surface area contributed by atoms with E-state index in [0.29, 0.717) is 30.4 Å². The number of nitrogens with zero attached hydrogens (tertiary/aromatic N) is 4. The van der Waals surface area contributed by atoms with E-state index in [2.05, 4.69) is 32.7 Å². The highest BCUT2D eigenvalue weighted by atomic mass is 16.5. The summed E-state index contributed by atoms with van der Waals surface area (Å²) in [5, 5.41) is 20.2. The molecule has 0 aliphatic heterocycles. The summed E-state index contributed by atoms with van der Waals surface area (Å²) in [5.41, 5.74) is 0.816. The third kappa shape index (κ3) is 6.25. The molecule has 3 N–H and O–H groups in total. The molecule has 1 saturated carbocycles. The molecule has 3 rings (SSSR count). The molecular formula is C21H32N6O2. The zero-order valence-corrected chi connectivity index (χ0v) is 17.2. The number of aliphatic hydroxyl groups is 1. The largest absolute Gasteiger partial charge is 0.396 e. The van der Waals surface area contributed by atoms with Crippen molar-refractivity contribution in [1.29, 1.82) is 0 Å². The second-order valence-electron chi connectivity index (χ2n) is 7.64. The molecule has 0 radical (unpaired) electrons. The Balaban J connectivity index is 1.54. The molecule has 2 aromatic rings. The average molecular weight is 401 g/mol.